The highest BCUT2D eigenvalue weighted by atomic mass is 32.1. The normalized spacial score (nSPS) is 20.1. The van der Waals surface area contributed by atoms with Crippen molar-refractivity contribution in [1.29, 1.82) is 0 Å². The van der Waals surface area contributed by atoms with Gasteiger partial charge in [0.05, 0.1) is 87.7 Å². The van der Waals surface area contributed by atoms with Gasteiger partial charge in [-0.3, -0.25) is 57.5 Å². The largest absolute Gasteiger partial charge is 0.481 e. The van der Waals surface area contributed by atoms with E-state index < -0.39 is 163 Å². The molecule has 1 fully saturated rings. The van der Waals surface area contributed by atoms with Crippen molar-refractivity contribution in [2.24, 2.45) is 41.1 Å². The Morgan fingerprint density at radius 1 is 0.785 bits per heavy atom. The number of benzene rings is 1. The number of nitrogens with zero attached hydrogens (tertiary/aromatic N) is 1. The molecule has 0 saturated carbocycles. The molecule has 0 spiro atoms. The second-order valence-electron chi connectivity index (χ2n) is 22.0. The number of aliphatic hydroxyl groups is 1. The van der Waals surface area contributed by atoms with E-state index in [1.807, 2.05) is 6.92 Å². The van der Waals surface area contributed by atoms with Crippen LogP contribution >= 0.6 is 12.6 Å². The Kier molecular flexibility index (Phi) is 29.8. The molecule has 0 radical (unpaired) electrons. The molecular weight excluding hydrogens is 1040 g/mol. The quantitative estimate of drug-likeness (QED) is 0.0354. The average Bonchev–Trinajstić information content (AvgIpc) is 3.35. The Morgan fingerprint density at radius 3 is 1.95 bits per heavy atom. The molecule has 2 rings (SSSR count). The van der Waals surface area contributed by atoms with Gasteiger partial charge in [-0.25, -0.2) is 0 Å². The van der Waals surface area contributed by atoms with E-state index in [1.54, 1.807) is 59.3 Å². The first kappa shape index (κ1) is 69.0. The van der Waals surface area contributed by atoms with Gasteiger partial charge in [-0.15, -0.1) is 0 Å². The number of quaternary nitrogens is 1. The number of Topliss-reactive ketones (excluding diaryl/α,β-unsaturated/α-hetero) is 4. The molecule has 0 bridgehead atoms. The molecular formula is C54H87N10O14S+. The summed E-state index contributed by atoms with van der Waals surface area (Å²) in [6.45, 7) is 6.44. The third-order valence-electron chi connectivity index (χ3n) is 13.6. The maximum absolute atomic E-state index is 14.7. The van der Waals surface area contributed by atoms with Crippen molar-refractivity contribution in [2.45, 2.75) is 141 Å². The van der Waals surface area contributed by atoms with Crippen molar-refractivity contribution in [2.75, 3.05) is 60.1 Å². The second-order valence-corrected chi connectivity index (χ2v) is 22.4. The van der Waals surface area contributed by atoms with Gasteiger partial charge in [0.25, 0.3) is 0 Å². The maximum atomic E-state index is 14.7. The lowest BCUT2D eigenvalue weighted by atomic mass is 9.87. The van der Waals surface area contributed by atoms with E-state index in [4.69, 9.17) is 11.5 Å². The van der Waals surface area contributed by atoms with Crippen molar-refractivity contribution in [3.05, 3.63) is 35.4 Å². The van der Waals surface area contributed by atoms with Crippen LogP contribution in [-0.2, 0) is 64.0 Å². The number of nitrogens with one attached hydrogen (secondary N) is 7. The highest BCUT2D eigenvalue weighted by Crippen LogP contribution is 2.22. The molecule has 0 aromatic heterocycles. The zero-order valence-corrected chi connectivity index (χ0v) is 47.9. The molecule has 2 unspecified atom stereocenters. The van der Waals surface area contributed by atoms with E-state index in [9.17, 15) is 67.7 Å². The molecule has 79 heavy (non-hydrogen) atoms. The summed E-state index contributed by atoms with van der Waals surface area (Å²) in [6.07, 6.45) is -4.49. The van der Waals surface area contributed by atoms with Gasteiger partial charge >= 0.3 is 5.97 Å². The number of likely N-dealkylation sites (N-methyl/N-ethyl adjacent to an activating group) is 1. The molecule has 0 aliphatic carbocycles. The molecule has 1 heterocycles. The Hall–Kier alpha value is -6.15. The summed E-state index contributed by atoms with van der Waals surface area (Å²) < 4.78 is 0.139. The van der Waals surface area contributed by atoms with Crippen LogP contribution in [0.1, 0.15) is 103 Å². The van der Waals surface area contributed by atoms with E-state index in [-0.39, 0.29) is 80.8 Å². The van der Waals surface area contributed by atoms with Gasteiger partial charge in [0.15, 0.2) is 23.1 Å². The Bertz CT molecular complexity index is 2290. The number of carboxylic acids is 1. The fraction of sp³-hybridized carbons (Fsp3) is 0.667. The summed E-state index contributed by atoms with van der Waals surface area (Å²) >= 11 is 4.04. The van der Waals surface area contributed by atoms with Gasteiger partial charge in [-0.2, -0.15) is 12.6 Å². The number of amides is 7. The predicted octanol–water partition coefficient (Wildman–Crippen LogP) is -1.46. The molecule has 25 heteroatoms. The van der Waals surface area contributed by atoms with Crippen LogP contribution in [0.4, 0.5) is 0 Å². The average molecular weight is 1130 g/mol. The molecule has 1 aliphatic heterocycles. The molecule has 13 N–H and O–H groups in total. The monoisotopic (exact) mass is 1130 g/mol. The Morgan fingerprint density at radius 2 is 1.38 bits per heavy atom. The number of hydrogen-bond donors (Lipinski definition) is 12. The smallest absolute Gasteiger partial charge is 0.307 e. The van der Waals surface area contributed by atoms with Crippen molar-refractivity contribution in [3.8, 4) is 0 Å². The number of carbonyl (C=O) groups excluding carboxylic acids is 11. The van der Waals surface area contributed by atoms with Crippen molar-refractivity contribution < 1.29 is 72.2 Å². The third-order valence-corrected chi connectivity index (χ3v) is 14.0. The van der Waals surface area contributed by atoms with Crippen LogP contribution < -0.4 is 48.7 Å². The van der Waals surface area contributed by atoms with Gasteiger partial charge in [-0.1, -0.05) is 43.7 Å². The highest BCUT2D eigenvalue weighted by Gasteiger charge is 2.38. The molecule has 1 aromatic carbocycles. The summed E-state index contributed by atoms with van der Waals surface area (Å²) in [6, 6.07) is 0.834. The number of rotatable bonds is 27. The van der Waals surface area contributed by atoms with Gasteiger partial charge in [0.1, 0.15) is 0 Å². The molecule has 1 saturated heterocycles. The first-order valence-electron chi connectivity index (χ1n) is 26.9. The van der Waals surface area contributed by atoms with Crippen LogP contribution in [-0.4, -0.2) is 182 Å². The number of carbonyl (C=O) groups is 12. The number of carboxylic acid groups (broad SMARTS) is 1. The number of nitrogens with two attached hydrogens (primary N) is 2. The number of primary amides is 1. The lowest BCUT2D eigenvalue weighted by molar-refractivity contribution is -0.872. The number of hydrogen-bond acceptors (Lipinski definition) is 16. The summed E-state index contributed by atoms with van der Waals surface area (Å²) in [5.74, 6) is -14.6. The van der Waals surface area contributed by atoms with Crippen LogP contribution in [0.15, 0.2) is 24.3 Å². The van der Waals surface area contributed by atoms with Gasteiger partial charge in [-0.05, 0) is 64.5 Å². The SMILES string of the molecule is CNC[C@H](NC(=O)[C@@H](N)CS)C(=O)C[C@@H](CC(N)=O)C(=O)N[C@@H](Cc1ccc(C)cc1)C(=O)C[C@@H](C[N+](C)(C)C)C(=O)N[C@H]1CCCCNC(=O)CCNC(=O)CC[C@@H](C(=O)CC(C(=O)O)C(C)C)NC(=O)C([C@@H](C)O)CC1=O. The minimum atomic E-state index is -1.49. The van der Waals surface area contributed by atoms with Crippen LogP contribution in [0.3, 0.4) is 0 Å². The zero-order valence-electron chi connectivity index (χ0n) is 47.0. The standard InChI is InChI=1S/C54H86N10O14S/c1-30(2)36(54(77)78)25-45(68)40-16-17-48(71)59-20-18-49(72)58-19-10-9-11-39(46(69)26-37(32(4)65)52(75)61-40)60-51(74)35(28-64(6,7)8)23-43(66)41(21-33-14-12-31(3)13-15-33)62-50(73)34(24-47(56)70)22-44(67)42(27-57-5)63-53(76)38(55)29-79/h12-15,30,32,34-42,57,65H,9-11,16-29,55H2,1-8H3,(H9-,56,58,59,60,61,62,63,70,71,72,73,74,75,76,77,78,79)/p+1/t32-,34+,35+,36?,37?,38+,39+,40+,41+,42+/m1/s1. The molecule has 7 amide bonds. The number of aliphatic hydroxyl groups excluding tert-OH is 1. The van der Waals surface area contributed by atoms with E-state index in [0.29, 0.717) is 12.0 Å². The summed E-state index contributed by atoms with van der Waals surface area (Å²) in [4.78, 5) is 162. The van der Waals surface area contributed by atoms with Crippen molar-refractivity contribution >= 4 is 83.1 Å². The van der Waals surface area contributed by atoms with E-state index in [1.165, 1.54) is 14.0 Å². The minimum Gasteiger partial charge on any atom is -0.481 e. The first-order chi connectivity index (χ1) is 37.0. The molecule has 442 valence electrons. The predicted molar refractivity (Wildman–Crippen MR) is 295 cm³/mol. The van der Waals surface area contributed by atoms with E-state index >= 15 is 0 Å². The van der Waals surface area contributed by atoms with E-state index in [2.05, 4.69) is 49.8 Å². The second kappa shape index (κ2) is 34.1. The van der Waals surface area contributed by atoms with Crippen LogP contribution in [0, 0.1) is 36.5 Å². The van der Waals surface area contributed by atoms with Gasteiger partial charge in [0.2, 0.25) is 41.4 Å². The van der Waals surface area contributed by atoms with Crippen molar-refractivity contribution in [3.63, 3.8) is 0 Å². The first-order valence-corrected chi connectivity index (χ1v) is 27.5. The fourth-order valence-corrected chi connectivity index (χ4v) is 9.12. The van der Waals surface area contributed by atoms with Crippen LogP contribution in [0.2, 0.25) is 0 Å². The van der Waals surface area contributed by atoms with Crippen LogP contribution in [0.25, 0.3) is 0 Å². The maximum Gasteiger partial charge on any atom is 0.307 e. The molecule has 24 nitrogen and oxygen atoms in total. The molecule has 10 atom stereocenters. The topological polar surface area (TPSA) is 382 Å². The summed E-state index contributed by atoms with van der Waals surface area (Å²) in [7, 11) is 6.86. The van der Waals surface area contributed by atoms with Crippen LogP contribution in [0.5, 0.6) is 0 Å². The lowest BCUT2D eigenvalue weighted by Gasteiger charge is -2.31. The third kappa shape index (κ3) is 25.7. The fourth-order valence-electron chi connectivity index (χ4n) is 8.95. The number of ketones is 4. The number of thiol groups is 1. The lowest BCUT2D eigenvalue weighted by Crippen LogP contribution is -2.53. The Labute approximate surface area is 468 Å². The van der Waals surface area contributed by atoms with Gasteiger partial charge < -0.3 is 63.4 Å². The van der Waals surface area contributed by atoms with Crippen molar-refractivity contribution in [1.82, 2.24) is 37.2 Å². The number of aliphatic carboxylic acids is 1. The van der Waals surface area contributed by atoms with E-state index in [0.717, 1.165) is 5.56 Å². The zero-order chi connectivity index (χ0) is 59.7. The number of aryl methyl sites for hydroxylation is 1. The molecule has 1 aromatic rings. The molecule has 1 aliphatic rings. The summed E-state index contributed by atoms with van der Waals surface area (Å²) in [5, 5.41) is 39.5. The highest BCUT2D eigenvalue weighted by molar-refractivity contribution is 7.80. The summed E-state index contributed by atoms with van der Waals surface area (Å²) in [5.41, 5.74) is 12.9. The van der Waals surface area contributed by atoms with Gasteiger partial charge in [0, 0.05) is 70.3 Å². The Balaban J connectivity index is 2.60. The minimum absolute atomic E-state index is 0.0183.